The van der Waals surface area contributed by atoms with E-state index >= 15 is 0 Å². The third-order valence-electron chi connectivity index (χ3n) is 4.75. The van der Waals surface area contributed by atoms with Gasteiger partial charge in [0.1, 0.15) is 5.75 Å². The highest BCUT2D eigenvalue weighted by molar-refractivity contribution is 14.0. The average molecular weight is 489 g/mol. The van der Waals surface area contributed by atoms with Crippen LogP contribution in [0, 0.1) is 0 Å². The van der Waals surface area contributed by atoms with Crippen LogP contribution in [0.5, 0.6) is 5.75 Å². The zero-order chi connectivity index (χ0) is 18.8. The molecule has 0 radical (unpaired) electrons. The van der Waals surface area contributed by atoms with E-state index in [9.17, 15) is 0 Å². The zero-order valence-corrected chi connectivity index (χ0v) is 19.5. The number of nitrogens with one attached hydrogen (secondary N) is 2. The van der Waals surface area contributed by atoms with Gasteiger partial charge in [0, 0.05) is 50.9 Å². The van der Waals surface area contributed by atoms with Crippen molar-refractivity contribution in [2.45, 2.75) is 33.4 Å². The van der Waals surface area contributed by atoms with Crippen LogP contribution in [-0.4, -0.2) is 74.7 Å². The Balaban J connectivity index is 0.00000364. The fourth-order valence-corrected chi connectivity index (χ4v) is 3.07. The van der Waals surface area contributed by atoms with Gasteiger partial charge in [-0.15, -0.1) is 24.0 Å². The van der Waals surface area contributed by atoms with Crippen LogP contribution in [0.3, 0.4) is 0 Å². The van der Waals surface area contributed by atoms with Gasteiger partial charge >= 0.3 is 0 Å². The second kappa shape index (κ2) is 13.2. The number of para-hydroxylation sites is 1. The quantitative estimate of drug-likeness (QED) is 0.334. The molecule has 1 aliphatic rings. The summed E-state index contributed by atoms with van der Waals surface area (Å²) in [5.41, 5.74) is 1.11. The molecule has 27 heavy (non-hydrogen) atoms. The summed E-state index contributed by atoms with van der Waals surface area (Å²) < 4.78 is 5.69. The van der Waals surface area contributed by atoms with Gasteiger partial charge in [0.25, 0.3) is 0 Å². The largest absolute Gasteiger partial charge is 0.494 e. The summed E-state index contributed by atoms with van der Waals surface area (Å²) in [5, 5.41) is 6.83. The van der Waals surface area contributed by atoms with Gasteiger partial charge in [-0.1, -0.05) is 18.2 Å². The monoisotopic (exact) mass is 489 g/mol. The predicted molar refractivity (Wildman–Crippen MR) is 124 cm³/mol. The number of piperazine rings is 1. The zero-order valence-electron chi connectivity index (χ0n) is 17.2. The van der Waals surface area contributed by atoms with Crippen LogP contribution in [0.15, 0.2) is 29.3 Å². The van der Waals surface area contributed by atoms with E-state index in [1.165, 1.54) is 0 Å². The molecule has 6 nitrogen and oxygen atoms in total. The molecule has 1 aliphatic heterocycles. The van der Waals surface area contributed by atoms with Gasteiger partial charge in [0.2, 0.25) is 0 Å². The minimum Gasteiger partial charge on any atom is -0.494 e. The molecule has 0 bridgehead atoms. The maximum absolute atomic E-state index is 5.69. The minimum absolute atomic E-state index is 0. The number of rotatable bonds is 8. The lowest BCUT2D eigenvalue weighted by molar-refractivity contribution is 0.120. The van der Waals surface area contributed by atoms with Crippen molar-refractivity contribution in [3.8, 4) is 5.75 Å². The predicted octanol–water partition coefficient (Wildman–Crippen LogP) is 2.39. The van der Waals surface area contributed by atoms with E-state index in [1.807, 2.05) is 25.1 Å². The van der Waals surface area contributed by atoms with Gasteiger partial charge in [0.05, 0.1) is 13.2 Å². The summed E-state index contributed by atoms with van der Waals surface area (Å²) in [6, 6.07) is 8.60. The fourth-order valence-electron chi connectivity index (χ4n) is 3.07. The van der Waals surface area contributed by atoms with E-state index < -0.39 is 0 Å². The van der Waals surface area contributed by atoms with Crippen LogP contribution >= 0.6 is 24.0 Å². The van der Waals surface area contributed by atoms with Crippen LogP contribution in [0.1, 0.15) is 26.3 Å². The number of guanidine groups is 1. The summed E-state index contributed by atoms with van der Waals surface area (Å²) in [4.78, 5) is 9.67. The molecule has 0 spiro atoms. The molecular weight excluding hydrogens is 453 g/mol. The van der Waals surface area contributed by atoms with Crippen molar-refractivity contribution in [1.29, 1.82) is 0 Å². The van der Waals surface area contributed by atoms with Crippen molar-refractivity contribution in [3.63, 3.8) is 0 Å². The lowest BCUT2D eigenvalue weighted by atomic mass is 10.2. The molecule has 0 amide bonds. The number of hydrogen-bond donors (Lipinski definition) is 2. The minimum atomic E-state index is 0. The first-order valence-corrected chi connectivity index (χ1v) is 9.79. The molecule has 2 N–H and O–H groups in total. The molecule has 1 aromatic carbocycles. The molecule has 1 aromatic rings. The number of nitrogens with zero attached hydrogens (tertiary/aromatic N) is 3. The topological polar surface area (TPSA) is 52.1 Å². The molecule has 1 fully saturated rings. The smallest absolute Gasteiger partial charge is 0.191 e. The van der Waals surface area contributed by atoms with Crippen LogP contribution < -0.4 is 15.4 Å². The highest BCUT2D eigenvalue weighted by Crippen LogP contribution is 2.18. The van der Waals surface area contributed by atoms with Crippen LogP contribution in [0.2, 0.25) is 0 Å². The molecule has 1 heterocycles. The van der Waals surface area contributed by atoms with E-state index in [4.69, 9.17) is 9.73 Å². The first kappa shape index (κ1) is 24.0. The Morgan fingerprint density at radius 1 is 1.15 bits per heavy atom. The van der Waals surface area contributed by atoms with Gasteiger partial charge in [0.15, 0.2) is 5.96 Å². The molecule has 154 valence electrons. The molecule has 1 unspecified atom stereocenters. The molecule has 0 aliphatic carbocycles. The number of hydrogen-bond acceptors (Lipinski definition) is 4. The van der Waals surface area contributed by atoms with Gasteiger partial charge in [-0.2, -0.15) is 0 Å². The van der Waals surface area contributed by atoms with Crippen molar-refractivity contribution >= 4 is 29.9 Å². The lowest BCUT2D eigenvalue weighted by Crippen LogP contribution is -2.52. The van der Waals surface area contributed by atoms with Crippen LogP contribution in [0.4, 0.5) is 0 Å². The van der Waals surface area contributed by atoms with Gasteiger partial charge in [-0.25, -0.2) is 4.99 Å². The molecule has 0 saturated carbocycles. The van der Waals surface area contributed by atoms with Crippen LogP contribution in [-0.2, 0) is 6.54 Å². The summed E-state index contributed by atoms with van der Waals surface area (Å²) >= 11 is 0. The van der Waals surface area contributed by atoms with Crippen molar-refractivity contribution in [2.24, 2.45) is 4.99 Å². The molecule has 0 aromatic heterocycles. The SMILES string of the molecule is CCNC(=NCc1ccccc1OCC)NCC(C)N1CCN(C)CC1.I. The normalized spacial score (nSPS) is 17.1. The number of ether oxygens (including phenoxy) is 1. The molecular formula is C20H36IN5O. The Hall–Kier alpha value is -1.06. The number of likely N-dealkylation sites (N-methyl/N-ethyl adjacent to an activating group) is 1. The van der Waals surface area contributed by atoms with Gasteiger partial charge < -0.3 is 20.3 Å². The second-order valence-corrected chi connectivity index (χ2v) is 6.81. The van der Waals surface area contributed by atoms with Gasteiger partial charge in [-0.3, -0.25) is 4.90 Å². The molecule has 2 rings (SSSR count). The Labute approximate surface area is 181 Å². The lowest BCUT2D eigenvalue weighted by Gasteiger charge is -2.36. The maximum atomic E-state index is 5.69. The van der Waals surface area contributed by atoms with E-state index in [0.717, 1.165) is 56.5 Å². The highest BCUT2D eigenvalue weighted by atomic mass is 127. The number of benzene rings is 1. The Kier molecular flexibility index (Phi) is 11.7. The third-order valence-corrected chi connectivity index (χ3v) is 4.75. The summed E-state index contributed by atoms with van der Waals surface area (Å²) in [6.45, 7) is 14.0. The first-order chi connectivity index (χ1) is 12.6. The standard InChI is InChI=1S/C20H35N5O.HI/c1-5-21-20(22-15-17(3)25-13-11-24(4)12-14-25)23-16-18-9-7-8-10-19(18)26-6-2;/h7-10,17H,5-6,11-16H2,1-4H3,(H2,21,22,23);1H. The van der Waals surface area contributed by atoms with Crippen molar-refractivity contribution in [1.82, 2.24) is 20.4 Å². The van der Waals surface area contributed by atoms with Crippen molar-refractivity contribution in [3.05, 3.63) is 29.8 Å². The van der Waals surface area contributed by atoms with Crippen molar-refractivity contribution in [2.75, 3.05) is 52.9 Å². The van der Waals surface area contributed by atoms with Gasteiger partial charge in [-0.05, 0) is 33.9 Å². The maximum Gasteiger partial charge on any atom is 0.191 e. The van der Waals surface area contributed by atoms with E-state index in [-0.39, 0.29) is 24.0 Å². The number of halogens is 1. The Bertz CT molecular complexity index is 561. The summed E-state index contributed by atoms with van der Waals surface area (Å²) in [7, 11) is 2.19. The van der Waals surface area contributed by atoms with Crippen molar-refractivity contribution < 1.29 is 4.74 Å². The first-order valence-electron chi connectivity index (χ1n) is 9.79. The summed E-state index contributed by atoms with van der Waals surface area (Å²) in [5.74, 6) is 1.78. The third kappa shape index (κ3) is 8.23. The van der Waals surface area contributed by atoms with Crippen LogP contribution in [0.25, 0.3) is 0 Å². The molecule has 7 heteroatoms. The highest BCUT2D eigenvalue weighted by Gasteiger charge is 2.19. The average Bonchev–Trinajstić information content (AvgIpc) is 2.65. The fraction of sp³-hybridized carbons (Fsp3) is 0.650. The molecule has 1 atom stereocenters. The number of aliphatic imine (C=N–C) groups is 1. The molecule has 1 saturated heterocycles. The second-order valence-electron chi connectivity index (χ2n) is 6.81. The van der Waals surface area contributed by atoms with E-state index in [2.05, 4.69) is 47.4 Å². The van der Waals surface area contributed by atoms with E-state index in [0.29, 0.717) is 19.2 Å². The van der Waals surface area contributed by atoms with E-state index in [1.54, 1.807) is 0 Å². The Morgan fingerprint density at radius 2 is 1.85 bits per heavy atom. The Morgan fingerprint density at radius 3 is 2.52 bits per heavy atom. The summed E-state index contributed by atoms with van der Waals surface area (Å²) in [6.07, 6.45) is 0.